The van der Waals surface area contributed by atoms with Gasteiger partial charge in [0.25, 0.3) is 0 Å². The molecule has 0 aromatic rings. The van der Waals surface area contributed by atoms with E-state index in [-0.39, 0.29) is 0 Å². The van der Waals surface area contributed by atoms with Crippen molar-refractivity contribution in [3.8, 4) is 0 Å². The number of unbranched alkanes of at least 4 members (excludes halogenated alkanes) is 5. The summed E-state index contributed by atoms with van der Waals surface area (Å²) in [4.78, 5) is 0. The summed E-state index contributed by atoms with van der Waals surface area (Å²) in [5, 5.41) is 0. The second-order valence-corrected chi connectivity index (χ2v) is 2.49. The van der Waals surface area contributed by atoms with Crippen LogP contribution in [-0.4, -0.2) is 6.54 Å². The largest absolute Gasteiger partial charge is 0.330 e. The van der Waals surface area contributed by atoms with E-state index in [2.05, 4.69) is 6.92 Å². The minimum Gasteiger partial charge on any atom is -0.330 e. The first-order valence-corrected chi connectivity index (χ1v) is 4.02. The summed E-state index contributed by atoms with van der Waals surface area (Å²) >= 11 is 0. The molecule has 0 aliphatic heterocycles. The van der Waals surface area contributed by atoms with Crippen molar-refractivity contribution in [1.82, 2.24) is 0 Å². The molecule has 0 saturated heterocycles. The Morgan fingerprint density at radius 2 is 1.78 bits per heavy atom. The Morgan fingerprint density at radius 3 is 2.44 bits per heavy atom. The summed E-state index contributed by atoms with van der Waals surface area (Å²) < 4.78 is 13.6. The lowest BCUT2D eigenvalue weighted by atomic mass is 10.1. The molecule has 9 heavy (non-hydrogen) atoms. The van der Waals surface area contributed by atoms with Crippen LogP contribution in [0.3, 0.4) is 0 Å². The van der Waals surface area contributed by atoms with Crippen molar-refractivity contribution < 1.29 is 2.82 Å². The molecule has 2 N–H and O–H groups in total. The van der Waals surface area contributed by atoms with Crippen molar-refractivity contribution in [3.63, 3.8) is 0 Å². The molecule has 0 amide bonds. The van der Waals surface area contributed by atoms with Crippen molar-refractivity contribution in [3.05, 3.63) is 0 Å². The van der Waals surface area contributed by atoms with E-state index in [0.717, 1.165) is 12.1 Å². The number of hydrogen-bond acceptors (Lipinski definition) is 1. The SMILES string of the molecule is [2H]N([2H])CCCCCCCC. The standard InChI is InChI=1S/C8H19N/c1-2-3-4-5-6-7-8-9/h2-9H2,1H3/i/hD2. The molecule has 0 rings (SSSR count). The average molecular weight is 131 g/mol. The van der Waals surface area contributed by atoms with E-state index in [1.54, 1.807) is 0 Å². The Bertz CT molecular complexity index is 76.5. The van der Waals surface area contributed by atoms with E-state index in [9.17, 15) is 0 Å². The van der Waals surface area contributed by atoms with E-state index in [1.807, 2.05) is 0 Å². The van der Waals surface area contributed by atoms with Gasteiger partial charge in [-0.25, -0.2) is 0 Å². The topological polar surface area (TPSA) is 26.0 Å². The van der Waals surface area contributed by atoms with Gasteiger partial charge in [0.1, 0.15) is 2.82 Å². The predicted molar refractivity (Wildman–Crippen MR) is 42.4 cm³/mol. The van der Waals surface area contributed by atoms with Crippen LogP contribution in [0.1, 0.15) is 45.4 Å². The van der Waals surface area contributed by atoms with Gasteiger partial charge in [-0.05, 0) is 13.0 Å². The monoisotopic (exact) mass is 131 g/mol. The van der Waals surface area contributed by atoms with E-state index < -0.39 is 0 Å². The van der Waals surface area contributed by atoms with Crippen LogP contribution in [-0.2, 0) is 0 Å². The number of nitrogens with two attached hydrogens (primary N) is 1. The van der Waals surface area contributed by atoms with E-state index >= 15 is 0 Å². The molecule has 0 aromatic heterocycles. The minimum absolute atomic E-state index is 0.589. The molecule has 56 valence electrons. The minimum atomic E-state index is 0.589. The predicted octanol–water partition coefficient (Wildman–Crippen LogP) is 2.31. The number of rotatable bonds is 7. The van der Waals surface area contributed by atoms with Crippen molar-refractivity contribution in [2.24, 2.45) is 5.72 Å². The average Bonchev–Trinajstić information content (AvgIpc) is 1.96. The van der Waals surface area contributed by atoms with Gasteiger partial charge in [-0.1, -0.05) is 39.0 Å². The zero-order valence-electron chi connectivity index (χ0n) is 8.40. The van der Waals surface area contributed by atoms with Crippen LogP contribution in [0.25, 0.3) is 0 Å². The fourth-order valence-electron chi connectivity index (χ4n) is 0.892. The van der Waals surface area contributed by atoms with Crippen molar-refractivity contribution in [1.29, 1.82) is 0 Å². The first-order valence-electron chi connectivity index (χ1n) is 4.92. The first kappa shape index (κ1) is 5.72. The van der Waals surface area contributed by atoms with Crippen LogP contribution in [0.4, 0.5) is 0 Å². The van der Waals surface area contributed by atoms with Crippen LogP contribution < -0.4 is 5.72 Å². The molecule has 0 heterocycles. The zero-order valence-corrected chi connectivity index (χ0v) is 6.40. The Balaban J connectivity index is 2.80. The highest BCUT2D eigenvalue weighted by Gasteiger charge is 1.85. The summed E-state index contributed by atoms with van der Waals surface area (Å²) in [6.45, 7) is 2.79. The van der Waals surface area contributed by atoms with Crippen LogP contribution in [0.5, 0.6) is 0 Å². The molecule has 0 unspecified atom stereocenters. The van der Waals surface area contributed by atoms with Gasteiger partial charge in [0.05, 0.1) is 0 Å². The van der Waals surface area contributed by atoms with Gasteiger partial charge in [-0.3, -0.25) is 0 Å². The van der Waals surface area contributed by atoms with Gasteiger partial charge in [0.2, 0.25) is 0 Å². The summed E-state index contributed by atoms with van der Waals surface area (Å²) in [6.07, 6.45) is 7.35. The smallest absolute Gasteiger partial charge is 0.118 e. The van der Waals surface area contributed by atoms with Gasteiger partial charge in [0, 0.05) is 0 Å². The highest BCUT2D eigenvalue weighted by molar-refractivity contribution is 4.43. The van der Waals surface area contributed by atoms with Gasteiger partial charge < -0.3 is 5.72 Å². The first-order chi connectivity index (χ1) is 5.27. The molecule has 0 saturated carbocycles. The van der Waals surface area contributed by atoms with E-state index in [1.165, 1.54) is 32.1 Å². The lowest BCUT2D eigenvalue weighted by molar-refractivity contribution is 0.612. The van der Waals surface area contributed by atoms with E-state index in [0.29, 0.717) is 6.54 Å². The second kappa shape index (κ2) is 7.96. The van der Waals surface area contributed by atoms with Gasteiger partial charge in [-0.15, -0.1) is 0 Å². The Morgan fingerprint density at radius 1 is 1.11 bits per heavy atom. The maximum absolute atomic E-state index is 6.79. The lowest BCUT2D eigenvalue weighted by Gasteiger charge is -1.96. The third-order valence-corrected chi connectivity index (χ3v) is 1.51. The molecule has 1 heteroatoms. The van der Waals surface area contributed by atoms with Gasteiger partial charge in [0.15, 0.2) is 0 Å². The van der Waals surface area contributed by atoms with E-state index in [4.69, 9.17) is 2.82 Å². The molecule has 0 spiro atoms. The molecule has 0 atom stereocenters. The summed E-state index contributed by atoms with van der Waals surface area (Å²) in [5.41, 5.74) is 0.764. The molecular formula is C8H19N. The molecular weight excluding hydrogens is 110 g/mol. The number of hydrogen-bond donors (Lipinski definition) is 1. The fourth-order valence-corrected chi connectivity index (χ4v) is 0.892. The third kappa shape index (κ3) is 7.96. The highest BCUT2D eigenvalue weighted by Crippen LogP contribution is 2.03. The molecule has 1 nitrogen and oxygen atoms in total. The molecule has 0 aliphatic carbocycles. The Kier molecular flexibility index (Phi) is 5.06. The quantitative estimate of drug-likeness (QED) is 0.527. The zero-order chi connectivity index (χ0) is 8.53. The second-order valence-electron chi connectivity index (χ2n) is 2.49. The van der Waals surface area contributed by atoms with Crippen LogP contribution in [0.2, 0.25) is 2.82 Å². The normalized spacial score (nSPS) is 13.6. The van der Waals surface area contributed by atoms with Crippen molar-refractivity contribution in [2.75, 3.05) is 6.54 Å². The van der Waals surface area contributed by atoms with Crippen molar-refractivity contribution >= 4 is 0 Å². The van der Waals surface area contributed by atoms with Crippen LogP contribution >= 0.6 is 0 Å². The molecule has 0 aromatic carbocycles. The summed E-state index contributed by atoms with van der Waals surface area (Å²) in [7, 11) is 0. The maximum Gasteiger partial charge on any atom is 0.118 e. The van der Waals surface area contributed by atoms with Crippen molar-refractivity contribution in [2.45, 2.75) is 45.4 Å². The lowest BCUT2D eigenvalue weighted by Crippen LogP contribution is -1.97. The van der Waals surface area contributed by atoms with Gasteiger partial charge in [-0.2, -0.15) is 0 Å². The summed E-state index contributed by atoms with van der Waals surface area (Å²) in [6, 6.07) is 0. The molecule has 0 radical (unpaired) electrons. The maximum atomic E-state index is 6.79. The third-order valence-electron chi connectivity index (χ3n) is 1.51. The summed E-state index contributed by atoms with van der Waals surface area (Å²) in [5.74, 6) is 0. The van der Waals surface area contributed by atoms with Crippen LogP contribution in [0, 0.1) is 0 Å². The highest BCUT2D eigenvalue weighted by atomic mass is 14.5. The molecule has 0 aliphatic rings. The fraction of sp³-hybridized carbons (Fsp3) is 1.00. The Hall–Kier alpha value is -0.0400. The Labute approximate surface area is 61.6 Å². The molecule has 0 bridgehead atoms. The van der Waals surface area contributed by atoms with Gasteiger partial charge >= 0.3 is 0 Å². The van der Waals surface area contributed by atoms with Crippen LogP contribution in [0.15, 0.2) is 0 Å². The molecule has 0 fully saturated rings.